The number of carbonyl (C=O) groups excluding carboxylic acids is 2. The van der Waals surface area contributed by atoms with E-state index in [2.05, 4.69) is 34.9 Å². The van der Waals surface area contributed by atoms with Gasteiger partial charge in [0.15, 0.2) is 0 Å². The van der Waals surface area contributed by atoms with Crippen molar-refractivity contribution in [3.8, 4) is 11.1 Å². The predicted molar refractivity (Wildman–Crippen MR) is 110 cm³/mol. The Morgan fingerprint density at radius 3 is 2.17 bits per heavy atom. The van der Waals surface area contributed by atoms with Gasteiger partial charge in [-0.25, -0.2) is 4.79 Å². The lowest BCUT2D eigenvalue weighted by Crippen LogP contribution is -2.45. The molecule has 3 N–H and O–H groups in total. The van der Waals surface area contributed by atoms with Crippen LogP contribution in [0.4, 0.5) is 4.79 Å². The molecule has 0 aromatic heterocycles. The highest BCUT2D eigenvalue weighted by molar-refractivity contribution is 5.85. The molecule has 2 aromatic rings. The van der Waals surface area contributed by atoms with Gasteiger partial charge in [0.25, 0.3) is 0 Å². The van der Waals surface area contributed by atoms with Crippen molar-refractivity contribution in [1.29, 1.82) is 0 Å². The molecule has 7 nitrogen and oxygen atoms in total. The molecule has 4 rings (SSSR count). The van der Waals surface area contributed by atoms with Crippen LogP contribution in [0.1, 0.15) is 43.2 Å². The summed E-state index contributed by atoms with van der Waals surface area (Å²) in [5.41, 5.74) is 3.93. The zero-order chi connectivity index (χ0) is 21.3. The summed E-state index contributed by atoms with van der Waals surface area (Å²) in [6.45, 7) is 1.61. The summed E-state index contributed by atoms with van der Waals surface area (Å²) >= 11 is 0. The molecule has 30 heavy (non-hydrogen) atoms. The van der Waals surface area contributed by atoms with Crippen LogP contribution in [0, 0.1) is 0 Å². The van der Waals surface area contributed by atoms with Gasteiger partial charge in [-0.3, -0.25) is 9.59 Å². The van der Waals surface area contributed by atoms with Gasteiger partial charge in [0.1, 0.15) is 12.6 Å². The lowest BCUT2D eigenvalue weighted by atomic mass is 9.98. The first-order valence-electron chi connectivity index (χ1n) is 10.0. The van der Waals surface area contributed by atoms with Gasteiger partial charge < -0.3 is 20.5 Å². The molecule has 1 atom stereocenters. The van der Waals surface area contributed by atoms with Crippen LogP contribution in [0.2, 0.25) is 0 Å². The molecule has 2 aliphatic rings. The van der Waals surface area contributed by atoms with Crippen LogP contribution < -0.4 is 10.6 Å². The van der Waals surface area contributed by atoms with Crippen molar-refractivity contribution < 1.29 is 24.2 Å². The highest BCUT2D eigenvalue weighted by atomic mass is 16.5. The number of amides is 2. The zero-order valence-electron chi connectivity index (χ0n) is 16.7. The second-order valence-corrected chi connectivity index (χ2v) is 8.04. The largest absolute Gasteiger partial charge is 0.480 e. The first kappa shape index (κ1) is 19.9. The number of carboxylic acid groups (broad SMARTS) is 1. The number of carboxylic acids is 1. The molecule has 0 spiro atoms. The molecule has 0 aliphatic heterocycles. The predicted octanol–water partition coefficient (Wildman–Crippen LogP) is 3.04. The molecular formula is C23H24N2O5. The van der Waals surface area contributed by atoms with Gasteiger partial charge in [0.2, 0.25) is 5.91 Å². The first-order chi connectivity index (χ1) is 14.4. The fourth-order valence-corrected chi connectivity index (χ4v) is 4.01. The number of aliphatic carboxylic acids is 1. The zero-order valence-corrected chi connectivity index (χ0v) is 16.7. The number of hydrogen-bond acceptors (Lipinski definition) is 4. The second kappa shape index (κ2) is 7.82. The maximum absolute atomic E-state index is 12.4. The molecule has 2 aliphatic carbocycles. The quantitative estimate of drug-likeness (QED) is 0.653. The van der Waals surface area contributed by atoms with Crippen molar-refractivity contribution >= 4 is 18.0 Å². The second-order valence-electron chi connectivity index (χ2n) is 8.04. The van der Waals surface area contributed by atoms with Crippen LogP contribution in [0.15, 0.2) is 48.5 Å². The Morgan fingerprint density at radius 2 is 1.63 bits per heavy atom. The van der Waals surface area contributed by atoms with Gasteiger partial charge in [0, 0.05) is 12.3 Å². The number of fused-ring (bicyclic) bond motifs is 3. The Labute approximate surface area is 174 Å². The molecule has 0 radical (unpaired) electrons. The Bertz CT molecular complexity index is 953. The standard InChI is InChI=1S/C23H24N2O5/c1-14(21(27)28)24-20(26)12-23(10-11-23)25-22(29)30-13-19-17-8-4-2-6-15(17)16-7-3-5-9-18(16)19/h2-9,14,19H,10-13H2,1H3,(H,24,26)(H,25,29)(H,27,28)/t14-/m1/s1. The highest BCUT2D eigenvalue weighted by Crippen LogP contribution is 2.44. The van der Waals surface area contributed by atoms with Crippen LogP contribution in [0.3, 0.4) is 0 Å². The minimum Gasteiger partial charge on any atom is -0.480 e. The third-order valence-corrected chi connectivity index (χ3v) is 5.81. The normalized spacial score (nSPS) is 16.7. The van der Waals surface area contributed by atoms with Crippen LogP contribution in [-0.2, 0) is 14.3 Å². The van der Waals surface area contributed by atoms with E-state index in [9.17, 15) is 14.4 Å². The molecule has 1 saturated carbocycles. The van der Waals surface area contributed by atoms with Crippen molar-refractivity contribution in [1.82, 2.24) is 10.6 Å². The van der Waals surface area contributed by atoms with E-state index in [1.54, 1.807) is 0 Å². The van der Waals surface area contributed by atoms with E-state index in [1.807, 2.05) is 24.3 Å². The van der Waals surface area contributed by atoms with E-state index in [-0.39, 0.29) is 18.9 Å². The van der Waals surface area contributed by atoms with Gasteiger partial charge in [-0.1, -0.05) is 48.5 Å². The number of hydrogen-bond donors (Lipinski definition) is 3. The molecule has 7 heteroatoms. The third kappa shape index (κ3) is 4.01. The van der Waals surface area contributed by atoms with Gasteiger partial charge in [-0.2, -0.15) is 0 Å². The van der Waals surface area contributed by atoms with Gasteiger partial charge >= 0.3 is 12.1 Å². The van der Waals surface area contributed by atoms with Gasteiger partial charge in [0.05, 0.1) is 5.54 Å². The van der Waals surface area contributed by atoms with E-state index >= 15 is 0 Å². The number of benzene rings is 2. The van der Waals surface area contributed by atoms with E-state index in [0.29, 0.717) is 12.8 Å². The lowest BCUT2D eigenvalue weighted by Gasteiger charge is -2.19. The number of alkyl carbamates (subject to hydrolysis) is 1. The summed E-state index contributed by atoms with van der Waals surface area (Å²) < 4.78 is 5.54. The third-order valence-electron chi connectivity index (χ3n) is 5.81. The van der Waals surface area contributed by atoms with E-state index < -0.39 is 29.6 Å². The molecule has 1 fully saturated rings. The molecule has 2 amide bonds. The van der Waals surface area contributed by atoms with Gasteiger partial charge in [-0.05, 0) is 42.0 Å². The molecule has 0 bridgehead atoms. The van der Waals surface area contributed by atoms with E-state index in [0.717, 1.165) is 22.3 Å². The number of rotatable bonds is 7. The monoisotopic (exact) mass is 408 g/mol. The first-order valence-corrected chi connectivity index (χ1v) is 10.0. The fourth-order valence-electron chi connectivity index (χ4n) is 4.01. The molecular weight excluding hydrogens is 384 g/mol. The molecule has 0 saturated heterocycles. The van der Waals surface area contributed by atoms with Gasteiger partial charge in [-0.15, -0.1) is 0 Å². The fraction of sp³-hybridized carbons (Fsp3) is 0.348. The van der Waals surface area contributed by atoms with Crippen molar-refractivity contribution in [2.24, 2.45) is 0 Å². The van der Waals surface area contributed by atoms with Crippen LogP contribution >= 0.6 is 0 Å². The SMILES string of the molecule is C[C@@H](NC(=O)CC1(NC(=O)OCC2c3ccccc3-c3ccccc32)CC1)C(=O)O. The maximum Gasteiger partial charge on any atom is 0.407 e. The van der Waals surface area contributed by atoms with Crippen molar-refractivity contribution in [2.75, 3.05) is 6.61 Å². The Morgan fingerprint density at radius 1 is 1.07 bits per heavy atom. The van der Waals surface area contributed by atoms with Crippen molar-refractivity contribution in [2.45, 2.75) is 43.7 Å². The maximum atomic E-state index is 12.4. The molecule has 0 unspecified atom stereocenters. The highest BCUT2D eigenvalue weighted by Gasteiger charge is 2.46. The lowest BCUT2D eigenvalue weighted by molar-refractivity contribution is -0.141. The molecule has 2 aromatic carbocycles. The Balaban J connectivity index is 1.35. The molecule has 156 valence electrons. The smallest absolute Gasteiger partial charge is 0.407 e. The molecule has 0 heterocycles. The summed E-state index contributed by atoms with van der Waals surface area (Å²) in [6, 6.07) is 15.2. The van der Waals surface area contributed by atoms with Crippen molar-refractivity contribution in [3.05, 3.63) is 59.7 Å². The number of nitrogens with one attached hydrogen (secondary N) is 2. The average molecular weight is 408 g/mol. The van der Waals surface area contributed by atoms with Crippen LogP contribution in [0.25, 0.3) is 11.1 Å². The van der Waals surface area contributed by atoms with E-state index in [4.69, 9.17) is 9.84 Å². The number of carbonyl (C=O) groups is 3. The minimum atomic E-state index is -1.10. The Hall–Kier alpha value is -3.35. The van der Waals surface area contributed by atoms with Crippen LogP contribution in [-0.4, -0.2) is 41.3 Å². The topological polar surface area (TPSA) is 105 Å². The van der Waals surface area contributed by atoms with E-state index in [1.165, 1.54) is 6.92 Å². The summed E-state index contributed by atoms with van der Waals surface area (Å²) in [4.78, 5) is 35.4. The summed E-state index contributed by atoms with van der Waals surface area (Å²) in [5, 5.41) is 14.1. The average Bonchev–Trinajstić information content (AvgIpc) is 3.38. The van der Waals surface area contributed by atoms with Crippen LogP contribution in [0.5, 0.6) is 0 Å². The Kier molecular flexibility index (Phi) is 5.20. The van der Waals surface area contributed by atoms with Crippen molar-refractivity contribution in [3.63, 3.8) is 0 Å². The summed E-state index contributed by atoms with van der Waals surface area (Å²) in [6.07, 6.45) is 0.792. The minimum absolute atomic E-state index is 0.0296. The summed E-state index contributed by atoms with van der Waals surface area (Å²) in [7, 11) is 0. The summed E-state index contributed by atoms with van der Waals surface area (Å²) in [5.74, 6) is -1.53. The number of ether oxygens (including phenoxy) is 1.